The van der Waals surface area contributed by atoms with E-state index in [1.807, 2.05) is 4.90 Å². The number of oxazole rings is 1. The minimum atomic E-state index is -3.88. The fraction of sp³-hybridized carbons (Fsp3) is 0.476. The molecule has 2 aliphatic heterocycles. The van der Waals surface area contributed by atoms with Crippen molar-refractivity contribution < 1.29 is 32.9 Å². The van der Waals surface area contributed by atoms with Gasteiger partial charge in [0, 0.05) is 24.0 Å². The van der Waals surface area contributed by atoms with E-state index in [1.165, 1.54) is 22.5 Å². The Morgan fingerprint density at radius 2 is 1.94 bits per heavy atom. The van der Waals surface area contributed by atoms with Crippen LogP contribution in [0.5, 0.6) is 5.75 Å². The lowest BCUT2D eigenvalue weighted by Gasteiger charge is -2.38. The van der Waals surface area contributed by atoms with Gasteiger partial charge in [-0.05, 0) is 56.4 Å². The molecule has 2 aliphatic rings. The summed E-state index contributed by atoms with van der Waals surface area (Å²) in [4.78, 5) is 19.4. The number of hydrogen-bond donors (Lipinski definition) is 2. The molecule has 2 fully saturated rings. The molecule has 2 saturated heterocycles. The zero-order valence-corrected chi connectivity index (χ0v) is 18.7. The van der Waals surface area contributed by atoms with Crippen LogP contribution in [0.2, 0.25) is 0 Å². The van der Waals surface area contributed by atoms with Crippen LogP contribution in [0.25, 0.3) is 22.4 Å². The number of benzene rings is 1. The lowest BCUT2D eigenvalue weighted by atomic mass is 10.1. The molecule has 33 heavy (non-hydrogen) atoms. The van der Waals surface area contributed by atoms with Gasteiger partial charge < -0.3 is 24.3 Å². The second kappa shape index (κ2) is 7.52. The molecule has 4 heterocycles. The van der Waals surface area contributed by atoms with Crippen LogP contribution in [0.15, 0.2) is 28.0 Å². The summed E-state index contributed by atoms with van der Waals surface area (Å²) in [7, 11) is 0. The highest BCUT2D eigenvalue weighted by molar-refractivity contribution is 7.03. The average Bonchev–Trinajstić information content (AvgIpc) is 3.45. The minimum absolute atomic E-state index is 0.0763. The number of carboxylic acid groups (broad SMARTS) is 1. The summed E-state index contributed by atoms with van der Waals surface area (Å²) in [6.07, 6.45) is -3.35. The second-order valence-electron chi connectivity index (χ2n) is 8.83. The van der Waals surface area contributed by atoms with Crippen molar-refractivity contribution in [2.45, 2.75) is 50.5 Å². The largest absolute Gasteiger partial charge is 0.465 e. The van der Waals surface area contributed by atoms with Gasteiger partial charge in [0.1, 0.15) is 0 Å². The maximum absolute atomic E-state index is 14.5. The van der Waals surface area contributed by atoms with E-state index in [9.17, 15) is 23.8 Å². The summed E-state index contributed by atoms with van der Waals surface area (Å²) in [5.41, 5.74) is -0.952. The summed E-state index contributed by atoms with van der Waals surface area (Å²) in [5.74, 6) is -0.238. The van der Waals surface area contributed by atoms with Gasteiger partial charge in [0.15, 0.2) is 22.5 Å². The molecule has 5 rings (SSSR count). The standard InChI is InChI=1S/C21H22F2N4O5S/c1-20(2,30)21(22,23)32-15-6-5-13(14-7-8-33-25-14)17-16(15)24-18(31-17)26-9-11-3-4-12(10-26)27(11)19(28)29/h5-8,11-12,30H,3-4,9-10H2,1-2H3,(H,28,29). The molecule has 2 aromatic heterocycles. The molecular weight excluding hydrogens is 458 g/mol. The van der Waals surface area contributed by atoms with Crippen LogP contribution < -0.4 is 9.64 Å². The van der Waals surface area contributed by atoms with Gasteiger partial charge in [0.25, 0.3) is 6.01 Å². The molecule has 0 spiro atoms. The van der Waals surface area contributed by atoms with Crippen molar-refractivity contribution in [3.8, 4) is 17.0 Å². The molecule has 2 bridgehead atoms. The van der Waals surface area contributed by atoms with Gasteiger partial charge in [-0.15, -0.1) is 0 Å². The van der Waals surface area contributed by atoms with Gasteiger partial charge in [-0.3, -0.25) is 4.90 Å². The van der Waals surface area contributed by atoms with Gasteiger partial charge in [0.2, 0.25) is 0 Å². The van der Waals surface area contributed by atoms with Crippen LogP contribution in [-0.2, 0) is 0 Å². The van der Waals surface area contributed by atoms with Crippen LogP contribution in [0.3, 0.4) is 0 Å². The highest BCUT2D eigenvalue weighted by atomic mass is 32.1. The monoisotopic (exact) mass is 480 g/mol. The first-order chi connectivity index (χ1) is 15.5. The van der Waals surface area contributed by atoms with Crippen molar-refractivity contribution in [2.24, 2.45) is 0 Å². The van der Waals surface area contributed by atoms with Gasteiger partial charge in [-0.1, -0.05) is 0 Å². The fourth-order valence-corrected chi connectivity index (χ4v) is 4.90. The first-order valence-electron chi connectivity index (χ1n) is 10.4. The number of anilines is 1. The molecule has 2 unspecified atom stereocenters. The van der Waals surface area contributed by atoms with Gasteiger partial charge in [-0.2, -0.15) is 18.1 Å². The Hall–Kier alpha value is -2.99. The molecule has 1 amide bonds. The highest BCUT2D eigenvalue weighted by Gasteiger charge is 2.49. The SMILES string of the molecule is CC(C)(O)C(F)(F)Oc1ccc(-c2ccsn2)c2oc(N3CC4CCC(C3)N4C(=O)O)nc12. The Bertz CT molecular complexity index is 1180. The molecule has 1 aromatic carbocycles. The average molecular weight is 480 g/mol. The summed E-state index contributed by atoms with van der Waals surface area (Å²) >= 11 is 1.24. The highest BCUT2D eigenvalue weighted by Crippen LogP contribution is 2.41. The number of alkyl halides is 2. The number of aromatic nitrogens is 2. The van der Waals surface area contributed by atoms with E-state index in [2.05, 4.69) is 9.36 Å². The number of aliphatic hydroxyl groups is 1. The van der Waals surface area contributed by atoms with Crippen LogP contribution in [-0.4, -0.2) is 67.4 Å². The van der Waals surface area contributed by atoms with E-state index in [0.29, 0.717) is 24.3 Å². The number of halogens is 2. The fourth-order valence-electron chi connectivity index (χ4n) is 4.38. The molecule has 9 nitrogen and oxygen atoms in total. The van der Waals surface area contributed by atoms with Crippen LogP contribution >= 0.6 is 11.5 Å². The number of amides is 1. The summed E-state index contributed by atoms with van der Waals surface area (Å²) in [5, 5.41) is 21.1. The first-order valence-corrected chi connectivity index (χ1v) is 11.3. The number of piperazine rings is 1. The van der Waals surface area contributed by atoms with Crippen LogP contribution in [0.4, 0.5) is 19.6 Å². The molecule has 12 heteroatoms. The number of fused-ring (bicyclic) bond motifs is 3. The predicted octanol–water partition coefficient (Wildman–Crippen LogP) is 4.02. The summed E-state index contributed by atoms with van der Waals surface area (Å²) in [6, 6.07) is 4.52. The first kappa shape index (κ1) is 21.8. The Morgan fingerprint density at radius 1 is 1.24 bits per heavy atom. The third-order valence-corrected chi connectivity index (χ3v) is 6.69. The van der Waals surface area contributed by atoms with Crippen LogP contribution in [0.1, 0.15) is 26.7 Å². The predicted molar refractivity (Wildman–Crippen MR) is 116 cm³/mol. The summed E-state index contributed by atoms with van der Waals surface area (Å²) < 4.78 is 44.3. The van der Waals surface area contributed by atoms with E-state index < -0.39 is 17.8 Å². The van der Waals surface area contributed by atoms with E-state index in [1.54, 1.807) is 17.5 Å². The number of carbonyl (C=O) groups is 1. The maximum Gasteiger partial charge on any atom is 0.426 e. The third-order valence-electron chi connectivity index (χ3n) is 6.13. The topological polar surface area (TPSA) is 112 Å². The van der Waals surface area contributed by atoms with E-state index >= 15 is 0 Å². The minimum Gasteiger partial charge on any atom is -0.465 e. The molecule has 176 valence electrons. The summed E-state index contributed by atoms with van der Waals surface area (Å²) in [6.45, 7) is 2.69. The maximum atomic E-state index is 14.5. The van der Waals surface area contributed by atoms with E-state index in [0.717, 1.165) is 26.7 Å². The van der Waals surface area contributed by atoms with E-state index in [4.69, 9.17) is 9.15 Å². The van der Waals surface area contributed by atoms with Crippen molar-refractivity contribution in [1.29, 1.82) is 0 Å². The smallest absolute Gasteiger partial charge is 0.426 e. The van der Waals surface area contributed by atoms with Crippen LogP contribution in [0, 0.1) is 0 Å². The lowest BCUT2D eigenvalue weighted by molar-refractivity contribution is -0.275. The van der Waals surface area contributed by atoms with Crippen molar-refractivity contribution in [3.05, 3.63) is 23.6 Å². The molecule has 2 atom stereocenters. The normalized spacial score (nSPS) is 21.1. The number of ether oxygens (including phenoxy) is 1. The Labute approximate surface area is 191 Å². The zero-order chi connectivity index (χ0) is 23.5. The zero-order valence-electron chi connectivity index (χ0n) is 17.9. The quantitative estimate of drug-likeness (QED) is 0.563. The lowest BCUT2D eigenvalue weighted by Crippen LogP contribution is -2.55. The Balaban J connectivity index is 1.56. The molecular formula is C21H22F2N4O5S. The van der Waals surface area contributed by atoms with Crippen molar-refractivity contribution in [1.82, 2.24) is 14.3 Å². The molecule has 3 aromatic rings. The van der Waals surface area contributed by atoms with E-state index in [-0.39, 0.29) is 34.9 Å². The van der Waals surface area contributed by atoms with Gasteiger partial charge in [0.05, 0.1) is 17.8 Å². The van der Waals surface area contributed by atoms with Crippen molar-refractivity contribution in [3.63, 3.8) is 0 Å². The number of rotatable bonds is 5. The third kappa shape index (κ3) is 3.66. The Kier molecular flexibility index (Phi) is 4.98. The van der Waals surface area contributed by atoms with Crippen molar-refractivity contribution >= 4 is 34.7 Å². The second-order valence-corrected chi connectivity index (χ2v) is 9.49. The number of nitrogens with zero attached hydrogens (tertiary/aromatic N) is 4. The Morgan fingerprint density at radius 3 is 2.52 bits per heavy atom. The number of hydrogen-bond acceptors (Lipinski definition) is 8. The van der Waals surface area contributed by atoms with Crippen molar-refractivity contribution in [2.75, 3.05) is 18.0 Å². The molecule has 0 saturated carbocycles. The molecule has 2 N–H and O–H groups in total. The molecule has 0 aliphatic carbocycles. The molecule has 0 radical (unpaired) electrons. The van der Waals surface area contributed by atoms with Gasteiger partial charge in [-0.25, -0.2) is 4.79 Å². The van der Waals surface area contributed by atoms with Gasteiger partial charge >= 0.3 is 12.2 Å².